The number of nitrogens with two attached hydrogens (primary N) is 1. The van der Waals surface area contributed by atoms with Crippen molar-refractivity contribution < 1.29 is 19.7 Å². The molecular weight excluding hydrogens is 400 g/mol. The number of hydrogen-bond donors (Lipinski definition) is 4. The van der Waals surface area contributed by atoms with Gasteiger partial charge in [-0.3, -0.25) is 9.36 Å². The number of carbonyl (C=O) groups is 1. The van der Waals surface area contributed by atoms with Gasteiger partial charge in [0, 0.05) is 13.0 Å². The molecule has 1 amide bonds. The molecule has 0 aromatic carbocycles. The monoisotopic (exact) mass is 428 g/mol. The Labute approximate surface area is 180 Å². The molecule has 0 bridgehead atoms. The molecule has 2 aromatic rings. The van der Waals surface area contributed by atoms with E-state index in [1.165, 1.54) is 6.33 Å². The lowest BCUT2D eigenvalue weighted by Crippen LogP contribution is -2.40. The molecule has 10 heteroatoms. The quantitative estimate of drug-likeness (QED) is 0.516. The number of likely N-dealkylation sites (N-methyl/N-ethyl adjacent to an activating group) is 1. The molecule has 166 valence electrons. The number of nitrogens with one attached hydrogen (secondary N) is 1. The van der Waals surface area contributed by atoms with Gasteiger partial charge in [-0.15, -0.1) is 0 Å². The summed E-state index contributed by atoms with van der Waals surface area (Å²) in [6.07, 6.45) is 2.40. The van der Waals surface area contributed by atoms with Crippen molar-refractivity contribution in [3.8, 4) is 11.8 Å². The molecule has 5 atom stereocenters. The SMILES string of the molecule is CCNC(=O)[C@H]1O[C@@H](n2cnc3c(N)nc(C#C[C@]4(O)CCC[C@@H](C)C4)nc32)CC1O. The Morgan fingerprint density at radius 1 is 1.48 bits per heavy atom. The van der Waals surface area contributed by atoms with E-state index in [-0.39, 0.29) is 24.0 Å². The summed E-state index contributed by atoms with van der Waals surface area (Å²) in [6.45, 7) is 4.35. The van der Waals surface area contributed by atoms with Crippen LogP contribution in [0.5, 0.6) is 0 Å². The third-order valence-electron chi connectivity index (χ3n) is 5.84. The largest absolute Gasteiger partial charge is 0.390 e. The highest BCUT2D eigenvalue weighted by atomic mass is 16.5. The normalized spacial score (nSPS) is 30.7. The van der Waals surface area contributed by atoms with Gasteiger partial charge in [-0.05, 0) is 38.0 Å². The lowest BCUT2D eigenvalue weighted by molar-refractivity contribution is -0.137. The second-order valence-electron chi connectivity index (χ2n) is 8.45. The van der Waals surface area contributed by atoms with Gasteiger partial charge in [0.2, 0.25) is 5.82 Å². The zero-order valence-corrected chi connectivity index (χ0v) is 17.7. The predicted octanol–water partition coefficient (Wildman–Crippen LogP) is 0.486. The molecule has 1 unspecified atom stereocenters. The van der Waals surface area contributed by atoms with Crippen LogP contribution in [0.15, 0.2) is 6.33 Å². The van der Waals surface area contributed by atoms with Crippen molar-refractivity contribution in [1.82, 2.24) is 24.8 Å². The molecule has 1 saturated heterocycles. The highest BCUT2D eigenvalue weighted by Crippen LogP contribution is 2.33. The first-order valence-electron chi connectivity index (χ1n) is 10.7. The lowest BCUT2D eigenvalue weighted by atomic mass is 9.79. The number of aliphatic hydroxyl groups is 2. The van der Waals surface area contributed by atoms with Crippen LogP contribution < -0.4 is 11.1 Å². The molecule has 3 heterocycles. The van der Waals surface area contributed by atoms with Crippen LogP contribution in [0, 0.1) is 17.8 Å². The first kappa shape index (κ1) is 21.5. The van der Waals surface area contributed by atoms with Gasteiger partial charge in [-0.25, -0.2) is 15.0 Å². The Kier molecular flexibility index (Phi) is 5.83. The molecule has 2 aliphatic rings. The number of hydrogen-bond acceptors (Lipinski definition) is 8. The summed E-state index contributed by atoms with van der Waals surface area (Å²) in [4.78, 5) is 25.1. The molecule has 2 aromatic heterocycles. The molecule has 1 aliphatic heterocycles. The van der Waals surface area contributed by atoms with Crippen LogP contribution in [0.3, 0.4) is 0 Å². The van der Waals surface area contributed by atoms with E-state index in [2.05, 4.69) is 39.0 Å². The van der Waals surface area contributed by atoms with Gasteiger partial charge in [-0.1, -0.05) is 19.3 Å². The van der Waals surface area contributed by atoms with E-state index in [9.17, 15) is 15.0 Å². The topological polar surface area (TPSA) is 148 Å². The van der Waals surface area contributed by atoms with Crippen molar-refractivity contribution in [2.45, 2.75) is 70.0 Å². The van der Waals surface area contributed by atoms with Gasteiger partial charge >= 0.3 is 0 Å². The number of ether oxygens (including phenoxy) is 1. The fourth-order valence-corrected chi connectivity index (χ4v) is 4.35. The Morgan fingerprint density at radius 2 is 2.29 bits per heavy atom. The summed E-state index contributed by atoms with van der Waals surface area (Å²) in [5.74, 6) is 6.19. The number of imidazole rings is 1. The molecule has 5 N–H and O–H groups in total. The van der Waals surface area contributed by atoms with Crippen LogP contribution in [-0.2, 0) is 9.53 Å². The molecule has 1 aliphatic carbocycles. The number of fused-ring (bicyclic) bond motifs is 1. The van der Waals surface area contributed by atoms with E-state index in [1.54, 1.807) is 11.5 Å². The van der Waals surface area contributed by atoms with Crippen molar-refractivity contribution in [3.05, 3.63) is 12.2 Å². The lowest BCUT2D eigenvalue weighted by Gasteiger charge is -2.30. The minimum atomic E-state index is -1.05. The molecule has 0 spiro atoms. The number of aromatic nitrogens is 4. The van der Waals surface area contributed by atoms with Crippen LogP contribution >= 0.6 is 0 Å². The number of nitrogen functional groups attached to an aromatic ring is 1. The summed E-state index contributed by atoms with van der Waals surface area (Å²) < 4.78 is 7.41. The van der Waals surface area contributed by atoms with E-state index >= 15 is 0 Å². The van der Waals surface area contributed by atoms with E-state index in [1.807, 2.05) is 0 Å². The minimum Gasteiger partial charge on any atom is -0.390 e. The van der Waals surface area contributed by atoms with Gasteiger partial charge in [0.1, 0.15) is 17.3 Å². The summed E-state index contributed by atoms with van der Waals surface area (Å²) >= 11 is 0. The fraction of sp³-hybridized carbons (Fsp3) is 0.619. The highest BCUT2D eigenvalue weighted by Gasteiger charge is 2.40. The summed E-state index contributed by atoms with van der Waals surface area (Å²) in [6, 6.07) is 0. The predicted molar refractivity (Wildman–Crippen MR) is 112 cm³/mol. The van der Waals surface area contributed by atoms with Crippen molar-refractivity contribution >= 4 is 22.9 Å². The smallest absolute Gasteiger partial charge is 0.251 e. The van der Waals surface area contributed by atoms with Crippen LogP contribution in [0.2, 0.25) is 0 Å². The maximum Gasteiger partial charge on any atom is 0.251 e. The molecule has 0 radical (unpaired) electrons. The zero-order valence-electron chi connectivity index (χ0n) is 17.7. The number of aliphatic hydroxyl groups excluding tert-OH is 1. The Balaban J connectivity index is 1.62. The Hall–Kier alpha value is -2.74. The first-order chi connectivity index (χ1) is 14.8. The van der Waals surface area contributed by atoms with Crippen molar-refractivity contribution in [3.63, 3.8) is 0 Å². The van der Waals surface area contributed by atoms with E-state index in [0.717, 1.165) is 12.8 Å². The summed E-state index contributed by atoms with van der Waals surface area (Å²) in [7, 11) is 0. The van der Waals surface area contributed by atoms with Crippen LogP contribution in [0.4, 0.5) is 5.82 Å². The number of rotatable bonds is 3. The zero-order chi connectivity index (χ0) is 22.2. The average Bonchev–Trinajstić information content (AvgIpc) is 3.30. The molecule has 2 fully saturated rings. The van der Waals surface area contributed by atoms with Crippen molar-refractivity contribution in [2.75, 3.05) is 12.3 Å². The molecule has 1 saturated carbocycles. The van der Waals surface area contributed by atoms with Crippen LogP contribution in [0.25, 0.3) is 11.2 Å². The Bertz CT molecular complexity index is 1040. The third-order valence-corrected chi connectivity index (χ3v) is 5.84. The van der Waals surface area contributed by atoms with Gasteiger partial charge in [-0.2, -0.15) is 0 Å². The molecular formula is C21H28N6O4. The first-order valence-corrected chi connectivity index (χ1v) is 10.7. The van der Waals surface area contributed by atoms with Crippen LogP contribution in [0.1, 0.15) is 58.0 Å². The highest BCUT2D eigenvalue weighted by molar-refractivity contribution is 5.83. The van der Waals surface area contributed by atoms with E-state index in [0.29, 0.717) is 36.5 Å². The molecule has 10 nitrogen and oxygen atoms in total. The van der Waals surface area contributed by atoms with E-state index < -0.39 is 24.0 Å². The third kappa shape index (κ3) is 4.35. The number of nitrogens with zero attached hydrogens (tertiary/aromatic N) is 4. The summed E-state index contributed by atoms with van der Waals surface area (Å²) in [5.41, 5.74) is 5.79. The average molecular weight is 428 g/mol. The summed E-state index contributed by atoms with van der Waals surface area (Å²) in [5, 5.41) is 23.7. The van der Waals surface area contributed by atoms with Crippen molar-refractivity contribution in [2.24, 2.45) is 5.92 Å². The maximum absolute atomic E-state index is 12.1. The van der Waals surface area contributed by atoms with Gasteiger partial charge < -0.3 is 26.0 Å². The van der Waals surface area contributed by atoms with Gasteiger partial charge in [0.05, 0.1) is 12.4 Å². The number of amides is 1. The van der Waals surface area contributed by atoms with Gasteiger partial charge in [0.25, 0.3) is 5.91 Å². The maximum atomic E-state index is 12.1. The second kappa shape index (κ2) is 8.42. The second-order valence-corrected chi connectivity index (χ2v) is 8.45. The number of carbonyl (C=O) groups excluding carboxylic acids is 1. The molecule has 31 heavy (non-hydrogen) atoms. The fourth-order valence-electron chi connectivity index (χ4n) is 4.35. The molecule has 4 rings (SSSR count). The minimum absolute atomic E-state index is 0.163. The Morgan fingerprint density at radius 3 is 3.03 bits per heavy atom. The standard InChI is InChI=1S/C21H28N6O4/c1-3-23-20(29)17-13(28)9-15(31-17)27-11-24-16-18(22)25-14(26-19(16)27)6-8-21(30)7-4-5-12(2)10-21/h11-13,15,17,28,30H,3-5,7,9-10H2,1-2H3,(H,23,29)(H2,22,25,26)/t12-,13?,15-,17+,21-/m1/s1. The number of anilines is 1. The van der Waals surface area contributed by atoms with E-state index in [4.69, 9.17) is 10.5 Å². The van der Waals surface area contributed by atoms with Gasteiger partial charge in [0.15, 0.2) is 17.6 Å². The van der Waals surface area contributed by atoms with Crippen LogP contribution in [-0.4, -0.2) is 60.0 Å². The van der Waals surface area contributed by atoms with Crippen molar-refractivity contribution in [1.29, 1.82) is 0 Å².